The van der Waals surface area contributed by atoms with Crippen molar-refractivity contribution < 1.29 is 13.9 Å². The van der Waals surface area contributed by atoms with E-state index in [4.69, 9.17) is 0 Å². The molecule has 3 aliphatic rings. The van der Waals surface area contributed by atoms with E-state index in [1.54, 1.807) is 30.5 Å². The molecule has 4 heterocycles. The molecule has 2 aromatic heterocycles. The molecule has 1 aromatic carbocycles. The lowest BCUT2D eigenvalue weighted by atomic mass is 9.96. The number of alkyl halides is 1. The number of nitrogens with zero attached hydrogens (tertiary/aromatic N) is 5. The second-order valence-electron chi connectivity index (χ2n) is 9.53. The molecule has 182 valence electrons. The molecular weight excluding hydrogens is 470 g/mol. The summed E-state index contributed by atoms with van der Waals surface area (Å²) in [6.07, 6.45) is 7.09. The monoisotopic (exact) mass is 496 g/mol. The molecule has 35 heavy (non-hydrogen) atoms. The number of nitrogens with one attached hydrogen (secondary N) is 1. The van der Waals surface area contributed by atoms with E-state index < -0.39 is 12.1 Å². The third-order valence-corrected chi connectivity index (χ3v) is 7.85. The quantitative estimate of drug-likeness (QED) is 0.384. The molecule has 10 heteroatoms. The van der Waals surface area contributed by atoms with Crippen molar-refractivity contribution >= 4 is 17.7 Å². The number of fused-ring (bicyclic) bond motifs is 2. The molecule has 2 saturated heterocycles. The van der Waals surface area contributed by atoms with Crippen LogP contribution >= 0.6 is 11.8 Å². The van der Waals surface area contributed by atoms with E-state index in [2.05, 4.69) is 25.5 Å². The second kappa shape index (κ2) is 8.98. The Morgan fingerprint density at radius 3 is 2.66 bits per heavy atom. The number of hydrogen-bond acceptors (Lipinski definition) is 8. The minimum atomic E-state index is -0.959. The van der Waals surface area contributed by atoms with Crippen LogP contribution in [0.2, 0.25) is 0 Å². The molecule has 4 atom stereocenters. The van der Waals surface area contributed by atoms with Gasteiger partial charge in [0.25, 0.3) is 0 Å². The standard InChI is InChI=1S/C25H26F2N6OS/c1-35-23-10-14(9-22(26)30-23)13-2-6-17(21(34)8-13)19-12-28-25(32-31-19)33(16-4-5-16)20-11-15-3-7-18(29-15)24(20)27/h2,6,8-10,12,15-16,18,20,24,29,34H,3-5,7,11H2,1H3/t15-,18-,20-,24+/m0/s1. The first-order valence-electron chi connectivity index (χ1n) is 11.9. The van der Waals surface area contributed by atoms with E-state index in [1.807, 2.05) is 11.2 Å². The summed E-state index contributed by atoms with van der Waals surface area (Å²) in [5, 5.41) is 23.3. The molecule has 3 fully saturated rings. The molecule has 2 bridgehead atoms. The van der Waals surface area contributed by atoms with Gasteiger partial charge < -0.3 is 15.3 Å². The fourth-order valence-corrected chi connectivity index (χ4v) is 5.78. The van der Waals surface area contributed by atoms with Gasteiger partial charge in [0.1, 0.15) is 17.6 Å². The number of aromatic nitrogens is 4. The Balaban J connectivity index is 1.26. The number of halogens is 2. The van der Waals surface area contributed by atoms with Crippen LogP contribution in [0.4, 0.5) is 14.7 Å². The number of piperidine rings is 1. The number of hydrogen-bond donors (Lipinski definition) is 2. The van der Waals surface area contributed by atoms with Crippen molar-refractivity contribution in [2.24, 2.45) is 0 Å². The third kappa shape index (κ3) is 4.33. The molecule has 0 unspecified atom stereocenters. The van der Waals surface area contributed by atoms with Gasteiger partial charge in [-0.3, -0.25) is 0 Å². The third-order valence-electron chi connectivity index (χ3n) is 7.22. The summed E-state index contributed by atoms with van der Waals surface area (Å²) in [5.74, 6) is -0.135. The van der Waals surface area contributed by atoms with Crippen LogP contribution in [0.15, 0.2) is 41.6 Å². The molecule has 2 aliphatic heterocycles. The summed E-state index contributed by atoms with van der Waals surface area (Å²) in [5.41, 5.74) is 2.18. The van der Waals surface area contributed by atoms with E-state index in [9.17, 15) is 9.50 Å². The topological polar surface area (TPSA) is 87.1 Å². The number of thioether (sulfide) groups is 1. The first-order chi connectivity index (χ1) is 17.0. The minimum Gasteiger partial charge on any atom is -0.507 e. The van der Waals surface area contributed by atoms with Gasteiger partial charge in [-0.2, -0.15) is 4.39 Å². The molecular formula is C25H26F2N6OS. The first kappa shape index (κ1) is 22.6. The Bertz CT molecular complexity index is 1240. The van der Waals surface area contributed by atoms with Crippen molar-refractivity contribution in [2.45, 2.75) is 67.5 Å². The van der Waals surface area contributed by atoms with Gasteiger partial charge >= 0.3 is 0 Å². The zero-order valence-corrected chi connectivity index (χ0v) is 20.1. The van der Waals surface area contributed by atoms with Gasteiger partial charge in [0.05, 0.1) is 17.3 Å². The van der Waals surface area contributed by atoms with Gasteiger partial charge in [-0.15, -0.1) is 22.0 Å². The Hall–Kier alpha value is -2.85. The van der Waals surface area contributed by atoms with Crippen molar-refractivity contribution in [3.05, 3.63) is 42.5 Å². The zero-order chi connectivity index (χ0) is 24.1. The van der Waals surface area contributed by atoms with Crippen molar-refractivity contribution in [3.63, 3.8) is 0 Å². The fraction of sp³-hybridized carbons (Fsp3) is 0.440. The zero-order valence-electron chi connectivity index (χ0n) is 19.2. The van der Waals surface area contributed by atoms with Crippen LogP contribution in [0.5, 0.6) is 5.75 Å². The highest BCUT2D eigenvalue weighted by Gasteiger charge is 2.48. The molecule has 7 nitrogen and oxygen atoms in total. The van der Waals surface area contributed by atoms with Gasteiger partial charge in [0.2, 0.25) is 11.9 Å². The average molecular weight is 497 g/mol. The lowest BCUT2D eigenvalue weighted by Crippen LogP contribution is -2.57. The number of pyridine rings is 1. The minimum absolute atomic E-state index is 0.00734. The van der Waals surface area contributed by atoms with Gasteiger partial charge in [0.15, 0.2) is 0 Å². The lowest BCUT2D eigenvalue weighted by molar-refractivity contribution is 0.171. The number of aromatic hydroxyl groups is 1. The van der Waals surface area contributed by atoms with E-state index in [-0.39, 0.29) is 23.9 Å². The van der Waals surface area contributed by atoms with Crippen LogP contribution < -0.4 is 10.2 Å². The van der Waals surface area contributed by atoms with Crippen LogP contribution in [-0.2, 0) is 0 Å². The Kier molecular flexibility index (Phi) is 5.80. The predicted molar refractivity (Wildman–Crippen MR) is 131 cm³/mol. The van der Waals surface area contributed by atoms with Crippen molar-refractivity contribution in [3.8, 4) is 28.1 Å². The summed E-state index contributed by atoms with van der Waals surface area (Å²) in [6, 6.07) is 8.45. The number of phenols is 1. The SMILES string of the molecule is CSc1cc(-c2ccc(-c3cnc(N(C4CC4)[C@H]4C[C@@H]5CC[C@H](N5)[C@H]4F)nn3)c(O)c2)cc(F)n1. The molecule has 3 aromatic rings. The second-order valence-corrected chi connectivity index (χ2v) is 10.4. The van der Waals surface area contributed by atoms with Gasteiger partial charge in [-0.25, -0.2) is 14.4 Å². The van der Waals surface area contributed by atoms with Crippen LogP contribution in [0, 0.1) is 5.95 Å². The lowest BCUT2D eigenvalue weighted by Gasteiger charge is -2.40. The highest BCUT2D eigenvalue weighted by Crippen LogP contribution is 2.40. The van der Waals surface area contributed by atoms with Gasteiger partial charge in [-0.1, -0.05) is 6.07 Å². The van der Waals surface area contributed by atoms with Crippen LogP contribution in [0.1, 0.15) is 32.1 Å². The number of benzene rings is 1. The first-order valence-corrected chi connectivity index (χ1v) is 13.2. The Labute approximate surface area is 206 Å². The fourth-order valence-electron chi connectivity index (χ4n) is 5.36. The van der Waals surface area contributed by atoms with E-state index in [0.717, 1.165) is 32.1 Å². The average Bonchev–Trinajstić information content (AvgIpc) is 3.62. The van der Waals surface area contributed by atoms with Crippen LogP contribution in [-0.4, -0.2) is 61.9 Å². The largest absolute Gasteiger partial charge is 0.507 e. The van der Waals surface area contributed by atoms with E-state index in [1.165, 1.54) is 17.8 Å². The van der Waals surface area contributed by atoms with Crippen molar-refractivity contribution in [1.82, 2.24) is 25.5 Å². The summed E-state index contributed by atoms with van der Waals surface area (Å²) in [7, 11) is 0. The molecule has 0 radical (unpaired) electrons. The van der Waals surface area contributed by atoms with Gasteiger partial charge in [-0.05, 0) is 67.7 Å². The maximum absolute atomic E-state index is 15.3. The van der Waals surface area contributed by atoms with Crippen LogP contribution in [0.25, 0.3) is 22.4 Å². The molecule has 1 aliphatic carbocycles. The van der Waals surface area contributed by atoms with Crippen molar-refractivity contribution in [2.75, 3.05) is 11.2 Å². The summed E-state index contributed by atoms with van der Waals surface area (Å²) >= 11 is 1.35. The molecule has 2 N–H and O–H groups in total. The normalized spacial score (nSPS) is 25.6. The molecule has 0 amide bonds. The Morgan fingerprint density at radius 2 is 1.94 bits per heavy atom. The molecule has 6 rings (SSSR count). The summed E-state index contributed by atoms with van der Waals surface area (Å²) in [4.78, 5) is 10.4. The molecule has 0 spiro atoms. The number of phenolic OH excluding ortho intramolecular Hbond substituents is 1. The Morgan fingerprint density at radius 1 is 1.09 bits per heavy atom. The smallest absolute Gasteiger partial charge is 0.245 e. The maximum Gasteiger partial charge on any atom is 0.245 e. The van der Waals surface area contributed by atoms with E-state index in [0.29, 0.717) is 39.4 Å². The highest BCUT2D eigenvalue weighted by atomic mass is 32.2. The summed E-state index contributed by atoms with van der Waals surface area (Å²) in [6.45, 7) is 0. The highest BCUT2D eigenvalue weighted by molar-refractivity contribution is 7.98. The van der Waals surface area contributed by atoms with Crippen molar-refractivity contribution in [1.29, 1.82) is 0 Å². The summed E-state index contributed by atoms with van der Waals surface area (Å²) < 4.78 is 29.1. The van der Waals surface area contributed by atoms with Gasteiger partial charge in [0, 0.05) is 29.8 Å². The predicted octanol–water partition coefficient (Wildman–Crippen LogP) is 4.37. The number of anilines is 1. The van der Waals surface area contributed by atoms with E-state index >= 15 is 4.39 Å². The maximum atomic E-state index is 15.3. The number of rotatable bonds is 6. The molecule has 1 saturated carbocycles. The van der Waals surface area contributed by atoms with Crippen LogP contribution in [0.3, 0.4) is 0 Å².